The maximum Gasteiger partial charge on any atom is 0.227 e. The lowest BCUT2D eigenvalue weighted by atomic mass is 10.0. The van der Waals surface area contributed by atoms with Crippen molar-refractivity contribution >= 4 is 5.91 Å². The largest absolute Gasteiger partial charge is 0.379 e. The summed E-state index contributed by atoms with van der Waals surface area (Å²) >= 11 is 0. The molecule has 0 spiro atoms. The summed E-state index contributed by atoms with van der Waals surface area (Å²) in [5.74, 6) is -0.0265. The Kier molecular flexibility index (Phi) is 7.97. The van der Waals surface area contributed by atoms with Crippen LogP contribution in [0.25, 0.3) is 0 Å². The van der Waals surface area contributed by atoms with E-state index in [1.54, 1.807) is 0 Å². The van der Waals surface area contributed by atoms with Gasteiger partial charge in [0.1, 0.15) is 0 Å². The Morgan fingerprint density at radius 1 is 1.37 bits per heavy atom. The minimum Gasteiger partial charge on any atom is -0.379 e. The summed E-state index contributed by atoms with van der Waals surface area (Å²) in [5.41, 5.74) is 0. The van der Waals surface area contributed by atoms with Crippen molar-refractivity contribution in [3.63, 3.8) is 0 Å². The highest BCUT2D eigenvalue weighted by Gasteiger charge is 2.33. The minimum atomic E-state index is -0.0817. The first-order valence-corrected chi connectivity index (χ1v) is 6.96. The van der Waals surface area contributed by atoms with Crippen LogP contribution >= 0.6 is 0 Å². The van der Waals surface area contributed by atoms with Gasteiger partial charge in [0, 0.05) is 19.1 Å². The Morgan fingerprint density at radius 2 is 2.16 bits per heavy atom. The zero-order valence-corrected chi connectivity index (χ0v) is 12.3. The summed E-state index contributed by atoms with van der Waals surface area (Å²) < 4.78 is 10.8. The molecule has 0 bridgehead atoms. The van der Waals surface area contributed by atoms with E-state index in [2.05, 4.69) is 15.5 Å². The smallest absolute Gasteiger partial charge is 0.227 e. The van der Waals surface area contributed by atoms with Crippen molar-refractivity contribution < 1.29 is 14.3 Å². The SMILES string of the molecule is CCNC1COCC1C(=O)NCCOCCN(C)C. The molecule has 6 nitrogen and oxygen atoms in total. The van der Waals surface area contributed by atoms with E-state index in [0.29, 0.717) is 33.0 Å². The molecular formula is C13H27N3O3. The molecule has 0 radical (unpaired) electrons. The van der Waals surface area contributed by atoms with Crippen LogP contribution in [0.4, 0.5) is 0 Å². The van der Waals surface area contributed by atoms with Crippen LogP contribution in [0.15, 0.2) is 0 Å². The minimum absolute atomic E-state index is 0.0552. The van der Waals surface area contributed by atoms with Gasteiger partial charge in [-0.3, -0.25) is 4.79 Å². The van der Waals surface area contributed by atoms with Crippen LogP contribution in [0.3, 0.4) is 0 Å². The molecule has 1 fully saturated rings. The third-order valence-corrected chi connectivity index (χ3v) is 3.11. The number of ether oxygens (including phenoxy) is 2. The fourth-order valence-electron chi connectivity index (χ4n) is 2.00. The molecule has 1 aliphatic heterocycles. The van der Waals surface area contributed by atoms with Crippen LogP contribution in [-0.2, 0) is 14.3 Å². The summed E-state index contributed by atoms with van der Waals surface area (Å²) in [7, 11) is 4.01. The average molecular weight is 273 g/mol. The molecular weight excluding hydrogens is 246 g/mol. The third kappa shape index (κ3) is 6.33. The van der Waals surface area contributed by atoms with E-state index < -0.39 is 0 Å². The van der Waals surface area contributed by atoms with Crippen molar-refractivity contribution in [3.05, 3.63) is 0 Å². The van der Waals surface area contributed by atoms with Crippen LogP contribution in [0.5, 0.6) is 0 Å². The van der Waals surface area contributed by atoms with Gasteiger partial charge in [-0.1, -0.05) is 6.92 Å². The first-order chi connectivity index (χ1) is 9.15. The Labute approximate surface area is 115 Å². The first kappa shape index (κ1) is 16.4. The van der Waals surface area contributed by atoms with Crippen molar-refractivity contribution in [3.8, 4) is 0 Å². The number of nitrogens with zero attached hydrogens (tertiary/aromatic N) is 1. The van der Waals surface area contributed by atoms with E-state index in [0.717, 1.165) is 13.1 Å². The van der Waals surface area contributed by atoms with Crippen molar-refractivity contribution in [2.24, 2.45) is 5.92 Å². The van der Waals surface area contributed by atoms with Gasteiger partial charge in [0.2, 0.25) is 5.91 Å². The van der Waals surface area contributed by atoms with Gasteiger partial charge in [-0.15, -0.1) is 0 Å². The molecule has 1 rings (SSSR count). The Morgan fingerprint density at radius 3 is 2.84 bits per heavy atom. The fraction of sp³-hybridized carbons (Fsp3) is 0.923. The molecule has 2 unspecified atom stereocenters. The molecule has 0 saturated carbocycles. The first-order valence-electron chi connectivity index (χ1n) is 6.96. The van der Waals surface area contributed by atoms with Gasteiger partial charge in [0.15, 0.2) is 0 Å². The Bertz CT molecular complexity index is 262. The molecule has 1 aliphatic rings. The zero-order valence-electron chi connectivity index (χ0n) is 12.3. The number of rotatable bonds is 9. The Hall–Kier alpha value is -0.690. The summed E-state index contributed by atoms with van der Waals surface area (Å²) in [5, 5.41) is 6.18. The molecule has 2 N–H and O–H groups in total. The predicted molar refractivity (Wildman–Crippen MR) is 74.2 cm³/mol. The van der Waals surface area contributed by atoms with Gasteiger partial charge in [-0.25, -0.2) is 0 Å². The highest BCUT2D eigenvalue weighted by atomic mass is 16.5. The summed E-state index contributed by atoms with van der Waals surface area (Å²) in [6.07, 6.45) is 0. The van der Waals surface area contributed by atoms with Crippen molar-refractivity contribution in [1.29, 1.82) is 0 Å². The second-order valence-electron chi connectivity index (χ2n) is 5.01. The third-order valence-electron chi connectivity index (χ3n) is 3.11. The van der Waals surface area contributed by atoms with Crippen LogP contribution in [0.2, 0.25) is 0 Å². The molecule has 1 saturated heterocycles. The maximum atomic E-state index is 12.0. The number of likely N-dealkylation sites (N-methyl/N-ethyl adjacent to an activating group) is 2. The lowest BCUT2D eigenvalue weighted by molar-refractivity contribution is -0.125. The molecule has 19 heavy (non-hydrogen) atoms. The van der Waals surface area contributed by atoms with E-state index in [1.807, 2.05) is 21.0 Å². The standard InChI is InChI=1S/C13H27N3O3/c1-4-14-12-10-19-9-11(12)13(17)15-5-7-18-8-6-16(2)3/h11-12,14H,4-10H2,1-3H3,(H,15,17). The molecule has 1 amide bonds. The van der Waals surface area contributed by atoms with Gasteiger partial charge < -0.3 is 25.0 Å². The van der Waals surface area contributed by atoms with Gasteiger partial charge in [0.05, 0.1) is 32.3 Å². The fourth-order valence-corrected chi connectivity index (χ4v) is 2.00. The number of hydrogen-bond acceptors (Lipinski definition) is 5. The Balaban J connectivity index is 2.10. The molecule has 0 aromatic heterocycles. The topological polar surface area (TPSA) is 62.8 Å². The summed E-state index contributed by atoms with van der Waals surface area (Å²) in [6, 6.07) is 0.139. The number of nitrogens with one attached hydrogen (secondary N) is 2. The molecule has 0 aromatic carbocycles. The van der Waals surface area contributed by atoms with E-state index >= 15 is 0 Å². The van der Waals surface area contributed by atoms with Gasteiger partial charge in [-0.2, -0.15) is 0 Å². The maximum absolute atomic E-state index is 12.0. The van der Waals surface area contributed by atoms with Crippen LogP contribution in [0, 0.1) is 5.92 Å². The molecule has 2 atom stereocenters. The normalized spacial score (nSPS) is 22.9. The van der Waals surface area contributed by atoms with Crippen LogP contribution in [0.1, 0.15) is 6.92 Å². The average Bonchev–Trinajstić information content (AvgIpc) is 2.81. The molecule has 6 heteroatoms. The number of carbonyl (C=O) groups is 1. The molecule has 1 heterocycles. The molecule has 0 aliphatic carbocycles. The van der Waals surface area contributed by atoms with E-state index in [9.17, 15) is 4.79 Å². The molecule has 0 aromatic rings. The van der Waals surface area contributed by atoms with Crippen LogP contribution in [-0.4, -0.2) is 77.0 Å². The van der Waals surface area contributed by atoms with Crippen molar-refractivity contribution in [2.45, 2.75) is 13.0 Å². The highest BCUT2D eigenvalue weighted by Crippen LogP contribution is 2.13. The summed E-state index contributed by atoms with van der Waals surface area (Å²) in [6.45, 7) is 6.70. The molecule has 112 valence electrons. The number of hydrogen-bond donors (Lipinski definition) is 2. The lowest BCUT2D eigenvalue weighted by Crippen LogP contribution is -2.44. The van der Waals surface area contributed by atoms with Gasteiger partial charge >= 0.3 is 0 Å². The second-order valence-corrected chi connectivity index (χ2v) is 5.01. The predicted octanol–water partition coefficient (Wildman–Crippen LogP) is -0.695. The number of amides is 1. The van der Waals surface area contributed by atoms with Crippen LogP contribution < -0.4 is 10.6 Å². The summed E-state index contributed by atoms with van der Waals surface area (Å²) in [4.78, 5) is 14.0. The van der Waals surface area contributed by atoms with Crippen molar-refractivity contribution in [1.82, 2.24) is 15.5 Å². The van der Waals surface area contributed by atoms with Gasteiger partial charge in [-0.05, 0) is 20.6 Å². The zero-order chi connectivity index (χ0) is 14.1. The quantitative estimate of drug-likeness (QED) is 0.544. The van der Waals surface area contributed by atoms with E-state index in [-0.39, 0.29) is 17.9 Å². The van der Waals surface area contributed by atoms with Crippen molar-refractivity contribution in [2.75, 3.05) is 60.2 Å². The second kappa shape index (κ2) is 9.25. The number of carbonyl (C=O) groups excluding carboxylic acids is 1. The highest BCUT2D eigenvalue weighted by molar-refractivity contribution is 5.79. The monoisotopic (exact) mass is 273 g/mol. The van der Waals surface area contributed by atoms with E-state index in [4.69, 9.17) is 9.47 Å². The lowest BCUT2D eigenvalue weighted by Gasteiger charge is -2.17. The van der Waals surface area contributed by atoms with Gasteiger partial charge in [0.25, 0.3) is 0 Å². The van der Waals surface area contributed by atoms with E-state index in [1.165, 1.54) is 0 Å².